The maximum absolute atomic E-state index is 13.3. The van der Waals surface area contributed by atoms with Crippen molar-refractivity contribution in [2.75, 3.05) is 0 Å². The zero-order valence-electron chi connectivity index (χ0n) is 21.8. The van der Waals surface area contributed by atoms with Crippen molar-refractivity contribution in [3.8, 4) is 0 Å². The molecule has 2 saturated heterocycles. The number of carbonyl (C=O) groups excluding carboxylic acids is 2. The molecule has 4 aliphatic carbocycles. The summed E-state index contributed by atoms with van der Waals surface area (Å²) >= 11 is 0. The summed E-state index contributed by atoms with van der Waals surface area (Å²) in [5, 5.41) is 45.5. The van der Waals surface area contributed by atoms with Crippen molar-refractivity contribution in [1.29, 1.82) is 0 Å². The molecule has 2 aliphatic heterocycles. The van der Waals surface area contributed by atoms with Crippen LogP contribution in [0.25, 0.3) is 0 Å². The monoisotopic (exact) mass is 504 g/mol. The van der Waals surface area contributed by atoms with Crippen molar-refractivity contribution in [3.63, 3.8) is 0 Å². The average molecular weight is 505 g/mol. The van der Waals surface area contributed by atoms with Gasteiger partial charge in [0.2, 0.25) is 0 Å². The Labute approximate surface area is 212 Å². The number of esters is 1. The summed E-state index contributed by atoms with van der Waals surface area (Å²) in [6, 6.07) is 0. The van der Waals surface area contributed by atoms with Gasteiger partial charge in [-0.3, -0.25) is 9.59 Å². The van der Waals surface area contributed by atoms with E-state index in [2.05, 4.69) is 6.92 Å². The smallest absolute Gasteiger partial charge is 0.309 e. The van der Waals surface area contributed by atoms with E-state index in [-0.39, 0.29) is 47.4 Å². The van der Waals surface area contributed by atoms with Crippen molar-refractivity contribution in [2.45, 2.75) is 102 Å². The highest BCUT2D eigenvalue weighted by Crippen LogP contribution is 2.73. The van der Waals surface area contributed by atoms with Gasteiger partial charge >= 0.3 is 5.97 Å². The molecule has 0 unspecified atom stereocenters. The highest BCUT2D eigenvalue weighted by atomic mass is 16.6. The Bertz CT molecular complexity index is 1020. The van der Waals surface area contributed by atoms with Crippen LogP contribution in [0.1, 0.15) is 60.3 Å². The number of hydrogen-bond donors (Lipinski definition) is 4. The average Bonchev–Trinajstić information content (AvgIpc) is 3.41. The summed E-state index contributed by atoms with van der Waals surface area (Å²) in [6.45, 7) is 9.21. The summed E-state index contributed by atoms with van der Waals surface area (Å²) in [4.78, 5) is 25.5. The molecule has 3 saturated carbocycles. The number of aliphatic hydroxyl groups excluding tert-OH is 3. The Kier molecular flexibility index (Phi) is 5.14. The van der Waals surface area contributed by atoms with E-state index in [0.717, 1.165) is 0 Å². The van der Waals surface area contributed by atoms with Crippen molar-refractivity contribution < 1.29 is 39.5 Å². The van der Waals surface area contributed by atoms with Crippen molar-refractivity contribution in [1.82, 2.24) is 0 Å². The van der Waals surface area contributed by atoms with Gasteiger partial charge in [0.25, 0.3) is 0 Å². The molecule has 6 aliphatic rings. The van der Waals surface area contributed by atoms with Crippen LogP contribution in [0, 0.1) is 46.3 Å². The number of fused-ring (bicyclic) bond motifs is 4. The van der Waals surface area contributed by atoms with E-state index in [9.17, 15) is 30.0 Å². The molecule has 5 fully saturated rings. The maximum Gasteiger partial charge on any atom is 0.309 e. The lowest BCUT2D eigenvalue weighted by molar-refractivity contribution is -0.199. The van der Waals surface area contributed by atoms with E-state index in [1.54, 1.807) is 19.9 Å². The molecule has 2 heterocycles. The topological polar surface area (TPSA) is 137 Å². The number of rotatable bonds is 3. The Morgan fingerprint density at radius 2 is 1.83 bits per heavy atom. The van der Waals surface area contributed by atoms with Crippen LogP contribution in [0.3, 0.4) is 0 Å². The molecule has 8 heteroatoms. The highest BCUT2D eigenvalue weighted by Gasteiger charge is 2.80. The van der Waals surface area contributed by atoms with Crippen LogP contribution in [0.15, 0.2) is 12.2 Å². The Morgan fingerprint density at radius 1 is 1.14 bits per heavy atom. The quantitative estimate of drug-likeness (QED) is 0.334. The summed E-state index contributed by atoms with van der Waals surface area (Å²) < 4.78 is 11.6. The van der Waals surface area contributed by atoms with E-state index in [1.807, 2.05) is 13.8 Å². The minimum atomic E-state index is -1.68. The normalized spacial score (nSPS) is 57.7. The first-order chi connectivity index (χ1) is 16.7. The number of hydrogen-bond acceptors (Lipinski definition) is 8. The van der Waals surface area contributed by atoms with Crippen LogP contribution >= 0.6 is 0 Å². The van der Waals surface area contributed by atoms with Gasteiger partial charge in [-0.15, -0.1) is 0 Å². The summed E-state index contributed by atoms with van der Waals surface area (Å²) in [5.41, 5.74) is -3.85. The van der Waals surface area contributed by atoms with Crippen LogP contribution in [-0.4, -0.2) is 73.9 Å². The number of epoxide rings is 1. The van der Waals surface area contributed by atoms with Crippen LogP contribution in [0.4, 0.5) is 0 Å². The van der Waals surface area contributed by atoms with Crippen molar-refractivity contribution in [3.05, 3.63) is 12.2 Å². The number of carbonyl (C=O) groups is 2. The van der Waals surface area contributed by atoms with Gasteiger partial charge in [-0.2, -0.15) is 0 Å². The minimum Gasteiger partial charge on any atom is -0.459 e. The van der Waals surface area contributed by atoms with Gasteiger partial charge in [0.15, 0.2) is 5.78 Å². The number of ketones is 1. The number of ether oxygens (including phenoxy) is 2. The third-order valence-electron chi connectivity index (χ3n) is 12.1. The molecular weight excluding hydrogens is 464 g/mol. The predicted octanol–water partition coefficient (Wildman–Crippen LogP) is 1.37. The fourth-order valence-electron chi connectivity index (χ4n) is 9.98. The first-order valence-electron chi connectivity index (χ1n) is 13.6. The molecule has 0 aromatic rings. The molecule has 6 rings (SSSR count). The molecule has 0 aromatic heterocycles. The van der Waals surface area contributed by atoms with E-state index in [1.165, 1.54) is 6.08 Å². The van der Waals surface area contributed by atoms with Gasteiger partial charge in [-0.1, -0.05) is 20.8 Å². The SMILES string of the molecule is C[C@H]1[C@@H]([C@@H](O)[C@](C)(O)[C@H]2[C@@H](O)C[C@H]3[C@@H]4C[C@H]5O[C@]56[C@@H](O)C=CC(=O)[C@]6(C)[C@H]4CC[C@]23C)OC(=O)[C@@H]1C. The molecule has 0 aromatic carbocycles. The number of aliphatic hydroxyl groups is 4. The van der Waals surface area contributed by atoms with Gasteiger partial charge < -0.3 is 29.9 Å². The molecule has 0 radical (unpaired) electrons. The molecule has 0 bridgehead atoms. The third-order valence-corrected chi connectivity index (χ3v) is 12.1. The maximum atomic E-state index is 13.3. The van der Waals surface area contributed by atoms with Crippen molar-refractivity contribution in [2.24, 2.45) is 46.3 Å². The second kappa shape index (κ2) is 7.41. The fourth-order valence-corrected chi connectivity index (χ4v) is 9.98. The van der Waals surface area contributed by atoms with Gasteiger partial charge in [0.1, 0.15) is 23.9 Å². The van der Waals surface area contributed by atoms with Gasteiger partial charge in [-0.05, 0) is 74.9 Å². The molecule has 200 valence electrons. The van der Waals surface area contributed by atoms with Gasteiger partial charge in [0, 0.05) is 11.8 Å². The lowest BCUT2D eigenvalue weighted by Gasteiger charge is -2.58. The fraction of sp³-hybridized carbons (Fsp3) is 0.857. The summed E-state index contributed by atoms with van der Waals surface area (Å²) in [5.74, 6) is -1.52. The van der Waals surface area contributed by atoms with E-state index in [0.29, 0.717) is 25.7 Å². The zero-order valence-corrected chi connectivity index (χ0v) is 21.8. The predicted molar refractivity (Wildman–Crippen MR) is 127 cm³/mol. The van der Waals surface area contributed by atoms with Crippen LogP contribution in [-0.2, 0) is 19.1 Å². The molecule has 36 heavy (non-hydrogen) atoms. The number of cyclic esters (lactones) is 1. The second-order valence-electron chi connectivity index (χ2n) is 13.4. The second-order valence-corrected chi connectivity index (χ2v) is 13.4. The number of allylic oxidation sites excluding steroid dienone is 1. The van der Waals surface area contributed by atoms with E-state index in [4.69, 9.17) is 9.47 Å². The van der Waals surface area contributed by atoms with Crippen LogP contribution in [0.5, 0.6) is 0 Å². The molecule has 15 atom stereocenters. The molecule has 0 amide bonds. The molecule has 1 spiro atoms. The summed E-state index contributed by atoms with van der Waals surface area (Å²) in [7, 11) is 0. The lowest BCUT2D eigenvalue weighted by atomic mass is 9.44. The highest BCUT2D eigenvalue weighted by molar-refractivity contribution is 5.98. The molecular formula is C28H40O8. The van der Waals surface area contributed by atoms with Crippen molar-refractivity contribution >= 4 is 11.8 Å². The Morgan fingerprint density at radius 3 is 2.47 bits per heavy atom. The van der Waals surface area contributed by atoms with Crippen LogP contribution < -0.4 is 0 Å². The first-order valence-corrected chi connectivity index (χ1v) is 13.6. The van der Waals surface area contributed by atoms with Gasteiger partial charge in [-0.25, -0.2) is 0 Å². The van der Waals surface area contributed by atoms with Crippen LogP contribution in [0.2, 0.25) is 0 Å². The largest absolute Gasteiger partial charge is 0.459 e. The minimum absolute atomic E-state index is 0.00101. The van der Waals surface area contributed by atoms with E-state index >= 15 is 0 Å². The standard InChI is InChI=1S/C28H40O8/c1-12-13(2)24(33)35-21(12)23(32)27(5,34)22-17(29)11-16-14-10-20-28(36-20)19(31)7-6-18(30)26(28,4)15(14)8-9-25(16,22)3/h6-7,12-17,19-23,29,31-32,34H,8-11H2,1-5H3/t12-,13-,14-,15+,16+,17+,19+,20-,21+,22+,23-,25+,26+,27-,28-/m1/s1. The summed E-state index contributed by atoms with van der Waals surface area (Å²) in [6.07, 6.45) is 1.57. The first kappa shape index (κ1) is 25.0. The van der Waals surface area contributed by atoms with Gasteiger partial charge in [0.05, 0.1) is 29.1 Å². The Hall–Kier alpha value is -1.32. The Balaban J connectivity index is 1.32. The molecule has 8 nitrogen and oxygen atoms in total. The third kappa shape index (κ3) is 2.73. The van der Waals surface area contributed by atoms with E-state index < -0.39 is 52.4 Å². The zero-order chi connectivity index (χ0) is 26.2. The molecule has 4 N–H and O–H groups in total. The lowest BCUT2D eigenvalue weighted by Crippen LogP contribution is -2.64.